The van der Waals surface area contributed by atoms with Crippen LogP contribution in [0.15, 0.2) is 48.5 Å². The number of nitrogens with zero attached hydrogens (tertiary/aromatic N) is 1. The SMILES string of the molecule is COc1ccccc1OCCC(=O)NC(CC(C)C)c1nc2ccccc2[nH]1. The highest BCUT2D eigenvalue weighted by Gasteiger charge is 2.19. The van der Waals surface area contributed by atoms with Gasteiger partial charge in [-0.1, -0.05) is 38.1 Å². The van der Waals surface area contributed by atoms with Crippen molar-refractivity contribution >= 4 is 16.9 Å². The van der Waals surface area contributed by atoms with Gasteiger partial charge in [-0.25, -0.2) is 4.98 Å². The predicted molar refractivity (Wildman–Crippen MR) is 110 cm³/mol. The number of ether oxygens (including phenoxy) is 2. The summed E-state index contributed by atoms with van der Waals surface area (Å²) in [6.45, 7) is 4.54. The van der Waals surface area contributed by atoms with Gasteiger partial charge in [-0.15, -0.1) is 0 Å². The van der Waals surface area contributed by atoms with Gasteiger partial charge in [0.1, 0.15) is 5.82 Å². The lowest BCUT2D eigenvalue weighted by atomic mass is 10.0. The van der Waals surface area contributed by atoms with E-state index in [1.165, 1.54) is 0 Å². The highest BCUT2D eigenvalue weighted by atomic mass is 16.5. The quantitative estimate of drug-likeness (QED) is 0.581. The molecule has 1 heterocycles. The Morgan fingerprint density at radius 2 is 1.82 bits per heavy atom. The van der Waals surface area contributed by atoms with Gasteiger partial charge < -0.3 is 19.8 Å². The smallest absolute Gasteiger partial charge is 0.224 e. The summed E-state index contributed by atoms with van der Waals surface area (Å²) in [6, 6.07) is 15.1. The first kappa shape index (κ1) is 19.7. The van der Waals surface area contributed by atoms with E-state index in [0.29, 0.717) is 17.4 Å². The third-order valence-electron chi connectivity index (χ3n) is 4.44. The first-order valence-corrected chi connectivity index (χ1v) is 9.56. The normalized spacial score (nSPS) is 12.1. The Balaban J connectivity index is 1.61. The second kappa shape index (κ2) is 9.26. The minimum absolute atomic E-state index is 0.0685. The van der Waals surface area contributed by atoms with Gasteiger partial charge in [0, 0.05) is 0 Å². The molecular weight excluding hydrogens is 354 g/mol. The summed E-state index contributed by atoms with van der Waals surface area (Å²) < 4.78 is 11.0. The van der Waals surface area contributed by atoms with Crippen LogP contribution in [0.25, 0.3) is 11.0 Å². The highest BCUT2D eigenvalue weighted by molar-refractivity contribution is 5.77. The molecular formula is C22H27N3O3. The van der Waals surface area contributed by atoms with E-state index in [1.54, 1.807) is 7.11 Å². The van der Waals surface area contributed by atoms with Gasteiger partial charge in [0.15, 0.2) is 11.5 Å². The van der Waals surface area contributed by atoms with Crippen LogP contribution in [-0.4, -0.2) is 29.6 Å². The number of methoxy groups -OCH3 is 1. The largest absolute Gasteiger partial charge is 0.493 e. The van der Waals surface area contributed by atoms with Crippen LogP contribution in [0.3, 0.4) is 0 Å². The summed E-state index contributed by atoms with van der Waals surface area (Å²) in [5.74, 6) is 2.43. The summed E-state index contributed by atoms with van der Waals surface area (Å²) in [5, 5.41) is 3.10. The molecule has 0 aliphatic carbocycles. The van der Waals surface area contributed by atoms with Gasteiger partial charge in [-0.05, 0) is 36.6 Å². The molecule has 0 saturated carbocycles. The van der Waals surface area contributed by atoms with Crippen LogP contribution in [0.4, 0.5) is 0 Å². The van der Waals surface area contributed by atoms with Gasteiger partial charge in [0.2, 0.25) is 5.91 Å². The van der Waals surface area contributed by atoms with Gasteiger partial charge in [-0.3, -0.25) is 4.79 Å². The number of fused-ring (bicyclic) bond motifs is 1. The molecule has 1 amide bonds. The summed E-state index contributed by atoms with van der Waals surface area (Å²) >= 11 is 0. The van der Waals surface area contributed by atoms with E-state index in [9.17, 15) is 4.79 Å². The predicted octanol–water partition coefficient (Wildman–Crippen LogP) is 4.24. The van der Waals surface area contributed by atoms with Crippen LogP contribution in [0.2, 0.25) is 0 Å². The molecule has 0 fully saturated rings. The number of amides is 1. The Kier molecular flexibility index (Phi) is 6.53. The van der Waals surface area contributed by atoms with Crippen molar-refractivity contribution < 1.29 is 14.3 Å². The lowest BCUT2D eigenvalue weighted by Crippen LogP contribution is -2.31. The number of nitrogens with one attached hydrogen (secondary N) is 2. The zero-order valence-corrected chi connectivity index (χ0v) is 16.6. The Hall–Kier alpha value is -3.02. The first-order chi connectivity index (χ1) is 13.6. The molecule has 0 aliphatic rings. The van der Waals surface area contributed by atoms with Crippen LogP contribution in [0.5, 0.6) is 11.5 Å². The lowest BCUT2D eigenvalue weighted by Gasteiger charge is -2.19. The third kappa shape index (κ3) is 5.03. The molecule has 0 bridgehead atoms. The molecule has 6 heteroatoms. The molecule has 0 radical (unpaired) electrons. The van der Waals surface area contributed by atoms with E-state index in [0.717, 1.165) is 23.3 Å². The zero-order valence-electron chi connectivity index (χ0n) is 16.6. The summed E-state index contributed by atoms with van der Waals surface area (Å²) in [6.07, 6.45) is 1.06. The van der Waals surface area contributed by atoms with Gasteiger partial charge in [-0.2, -0.15) is 0 Å². The molecule has 0 saturated heterocycles. The number of hydrogen-bond acceptors (Lipinski definition) is 4. The fourth-order valence-corrected chi connectivity index (χ4v) is 3.11. The van der Waals surface area contributed by atoms with Crippen molar-refractivity contribution in [3.8, 4) is 11.5 Å². The van der Waals surface area contributed by atoms with Gasteiger partial charge in [0.25, 0.3) is 0 Å². The molecule has 28 heavy (non-hydrogen) atoms. The van der Waals surface area contributed by atoms with Crippen molar-refractivity contribution in [2.24, 2.45) is 5.92 Å². The van der Waals surface area contributed by atoms with E-state index >= 15 is 0 Å². The second-order valence-electron chi connectivity index (χ2n) is 7.14. The maximum Gasteiger partial charge on any atom is 0.224 e. The Bertz CT molecular complexity index is 887. The summed E-state index contributed by atoms with van der Waals surface area (Å²) in [7, 11) is 1.60. The average Bonchev–Trinajstić information content (AvgIpc) is 3.12. The van der Waals surface area contributed by atoms with Crippen molar-refractivity contribution in [1.29, 1.82) is 0 Å². The topological polar surface area (TPSA) is 76.2 Å². The monoisotopic (exact) mass is 381 g/mol. The van der Waals surface area contributed by atoms with Crippen LogP contribution >= 0.6 is 0 Å². The Labute approximate surface area is 165 Å². The molecule has 3 rings (SSSR count). The van der Waals surface area contributed by atoms with Gasteiger partial charge in [0.05, 0.1) is 37.2 Å². The summed E-state index contributed by atoms with van der Waals surface area (Å²) in [5.41, 5.74) is 1.88. The summed E-state index contributed by atoms with van der Waals surface area (Å²) in [4.78, 5) is 20.5. The van der Waals surface area contributed by atoms with Crippen LogP contribution in [-0.2, 0) is 4.79 Å². The molecule has 3 aromatic rings. The van der Waals surface area contributed by atoms with Crippen LogP contribution < -0.4 is 14.8 Å². The van der Waals surface area contributed by atoms with E-state index in [2.05, 4.69) is 29.1 Å². The van der Waals surface area contributed by atoms with E-state index in [1.807, 2.05) is 48.5 Å². The van der Waals surface area contributed by atoms with Crippen LogP contribution in [0, 0.1) is 5.92 Å². The Morgan fingerprint density at radius 1 is 1.11 bits per heavy atom. The number of benzene rings is 2. The van der Waals surface area contributed by atoms with Crippen molar-refractivity contribution in [1.82, 2.24) is 15.3 Å². The van der Waals surface area contributed by atoms with Crippen molar-refractivity contribution in [3.05, 3.63) is 54.4 Å². The van der Waals surface area contributed by atoms with Crippen molar-refractivity contribution in [2.45, 2.75) is 32.7 Å². The molecule has 2 aromatic carbocycles. The minimum atomic E-state index is -0.161. The lowest BCUT2D eigenvalue weighted by molar-refractivity contribution is -0.122. The number of aromatic amines is 1. The second-order valence-corrected chi connectivity index (χ2v) is 7.14. The molecule has 1 unspecified atom stereocenters. The molecule has 6 nitrogen and oxygen atoms in total. The number of aromatic nitrogens is 2. The zero-order chi connectivity index (χ0) is 19.9. The van der Waals surface area contributed by atoms with E-state index in [-0.39, 0.29) is 25.0 Å². The minimum Gasteiger partial charge on any atom is -0.493 e. The number of rotatable bonds is 9. The number of hydrogen-bond donors (Lipinski definition) is 2. The first-order valence-electron chi connectivity index (χ1n) is 9.56. The molecule has 1 aromatic heterocycles. The van der Waals surface area contributed by atoms with Crippen molar-refractivity contribution in [3.63, 3.8) is 0 Å². The molecule has 0 spiro atoms. The number of carbonyl (C=O) groups is 1. The van der Waals surface area contributed by atoms with Crippen molar-refractivity contribution in [2.75, 3.05) is 13.7 Å². The van der Waals surface area contributed by atoms with E-state index < -0.39 is 0 Å². The van der Waals surface area contributed by atoms with E-state index in [4.69, 9.17) is 9.47 Å². The van der Waals surface area contributed by atoms with Gasteiger partial charge >= 0.3 is 0 Å². The fourth-order valence-electron chi connectivity index (χ4n) is 3.11. The number of para-hydroxylation sites is 4. The number of H-pyrrole nitrogens is 1. The Morgan fingerprint density at radius 3 is 2.54 bits per heavy atom. The molecule has 148 valence electrons. The maximum absolute atomic E-state index is 12.5. The van der Waals surface area contributed by atoms with Crippen LogP contribution in [0.1, 0.15) is 38.6 Å². The molecule has 1 atom stereocenters. The molecule has 2 N–H and O–H groups in total. The standard InChI is InChI=1S/C22H27N3O3/c1-15(2)14-18(22-24-16-8-4-5-9-17(16)25-22)23-21(26)12-13-28-20-11-7-6-10-19(20)27-3/h4-11,15,18H,12-14H2,1-3H3,(H,23,26)(H,24,25). The number of carbonyl (C=O) groups excluding carboxylic acids is 1. The average molecular weight is 381 g/mol. The number of imidazole rings is 1. The maximum atomic E-state index is 12.5. The highest BCUT2D eigenvalue weighted by Crippen LogP contribution is 2.26. The third-order valence-corrected chi connectivity index (χ3v) is 4.44. The molecule has 0 aliphatic heterocycles. The fraction of sp³-hybridized carbons (Fsp3) is 0.364.